The number of benzene rings is 2. The molecule has 0 unspecified atom stereocenters. The highest BCUT2D eigenvalue weighted by atomic mass is 16.6. The maximum Gasteiger partial charge on any atom is 0.347 e. The van der Waals surface area contributed by atoms with Crippen LogP contribution in [0.5, 0.6) is 5.75 Å². The highest BCUT2D eigenvalue weighted by molar-refractivity contribution is 5.74. The molecule has 1 atom stereocenters. The molecule has 106 valence electrons. The van der Waals surface area contributed by atoms with E-state index < -0.39 is 12.1 Å². The highest BCUT2D eigenvalue weighted by Gasteiger charge is 2.16. The molecule has 4 heteroatoms. The van der Waals surface area contributed by atoms with Crippen molar-refractivity contribution < 1.29 is 14.3 Å². The standard InChI is InChI=1S/C17H15NO3/c1-13(21-16-9-7-14(11-18)8-10-16)17(19)20-12-15-5-3-2-4-6-15/h2-10,13H,12H2,1H3/t13-/m1/s1. The van der Waals surface area contributed by atoms with Crippen molar-refractivity contribution in [3.63, 3.8) is 0 Å². The van der Waals surface area contributed by atoms with Gasteiger partial charge in [0.2, 0.25) is 0 Å². The van der Waals surface area contributed by atoms with Crippen LogP contribution >= 0.6 is 0 Å². The number of hydrogen-bond acceptors (Lipinski definition) is 4. The second-order valence-electron chi connectivity index (χ2n) is 4.49. The number of carbonyl (C=O) groups is 1. The molecular weight excluding hydrogens is 266 g/mol. The number of nitriles is 1. The van der Waals surface area contributed by atoms with Crippen molar-refractivity contribution in [2.45, 2.75) is 19.6 Å². The summed E-state index contributed by atoms with van der Waals surface area (Å²) in [5, 5.41) is 8.71. The van der Waals surface area contributed by atoms with Gasteiger partial charge in [0.15, 0.2) is 6.10 Å². The number of nitrogens with zero attached hydrogens (tertiary/aromatic N) is 1. The normalized spacial score (nSPS) is 11.2. The molecule has 0 amide bonds. The summed E-state index contributed by atoms with van der Waals surface area (Å²) in [7, 11) is 0. The van der Waals surface area contributed by atoms with Gasteiger partial charge in [-0.1, -0.05) is 30.3 Å². The second-order valence-corrected chi connectivity index (χ2v) is 4.49. The van der Waals surface area contributed by atoms with Crippen molar-refractivity contribution in [2.75, 3.05) is 0 Å². The molecule has 0 bridgehead atoms. The third-order valence-electron chi connectivity index (χ3n) is 2.85. The Hall–Kier alpha value is -2.80. The Kier molecular flexibility index (Phi) is 4.94. The van der Waals surface area contributed by atoms with Crippen LogP contribution in [0.25, 0.3) is 0 Å². The largest absolute Gasteiger partial charge is 0.479 e. The molecule has 2 aromatic rings. The van der Waals surface area contributed by atoms with Crippen LogP contribution in [0.2, 0.25) is 0 Å². The summed E-state index contributed by atoms with van der Waals surface area (Å²) >= 11 is 0. The van der Waals surface area contributed by atoms with Crippen molar-refractivity contribution in [3.8, 4) is 11.8 Å². The van der Waals surface area contributed by atoms with Gasteiger partial charge in [-0.15, -0.1) is 0 Å². The van der Waals surface area contributed by atoms with Crippen LogP contribution in [0.4, 0.5) is 0 Å². The van der Waals surface area contributed by atoms with E-state index in [-0.39, 0.29) is 6.61 Å². The molecule has 2 rings (SSSR count). The Morgan fingerprint density at radius 2 is 1.81 bits per heavy atom. The molecule has 0 heterocycles. The van der Waals surface area contributed by atoms with E-state index in [1.807, 2.05) is 36.4 Å². The minimum atomic E-state index is -0.707. The number of ether oxygens (including phenoxy) is 2. The van der Waals surface area contributed by atoms with Gasteiger partial charge in [0.1, 0.15) is 12.4 Å². The molecule has 4 nitrogen and oxygen atoms in total. The molecule has 0 aliphatic heterocycles. The summed E-state index contributed by atoms with van der Waals surface area (Å²) in [6, 6.07) is 18.1. The van der Waals surface area contributed by atoms with Crippen LogP contribution in [0.15, 0.2) is 54.6 Å². The number of esters is 1. The van der Waals surface area contributed by atoms with E-state index in [0.29, 0.717) is 11.3 Å². The summed E-state index contributed by atoms with van der Waals surface area (Å²) in [6.07, 6.45) is -0.707. The Morgan fingerprint density at radius 3 is 2.43 bits per heavy atom. The highest BCUT2D eigenvalue weighted by Crippen LogP contribution is 2.14. The lowest BCUT2D eigenvalue weighted by Crippen LogP contribution is -2.26. The second kappa shape index (κ2) is 7.11. The Balaban J connectivity index is 1.86. The van der Waals surface area contributed by atoms with Crippen LogP contribution < -0.4 is 4.74 Å². The lowest BCUT2D eigenvalue weighted by Gasteiger charge is -2.14. The van der Waals surface area contributed by atoms with Gasteiger partial charge in [0.25, 0.3) is 0 Å². The number of hydrogen-bond donors (Lipinski definition) is 0. The summed E-state index contributed by atoms with van der Waals surface area (Å²) in [5.74, 6) is 0.0985. The lowest BCUT2D eigenvalue weighted by atomic mass is 10.2. The lowest BCUT2D eigenvalue weighted by molar-refractivity contribution is -0.152. The first-order valence-electron chi connectivity index (χ1n) is 6.56. The zero-order chi connectivity index (χ0) is 15.1. The van der Waals surface area contributed by atoms with Gasteiger partial charge in [-0.05, 0) is 36.8 Å². The molecule has 0 aliphatic carbocycles. The SMILES string of the molecule is C[C@@H](Oc1ccc(C#N)cc1)C(=O)OCc1ccccc1. The third kappa shape index (κ3) is 4.36. The Morgan fingerprint density at radius 1 is 1.14 bits per heavy atom. The average molecular weight is 281 g/mol. The van der Waals surface area contributed by atoms with Crippen LogP contribution in [0.3, 0.4) is 0 Å². The zero-order valence-electron chi connectivity index (χ0n) is 11.7. The van der Waals surface area contributed by atoms with Gasteiger partial charge in [0.05, 0.1) is 11.6 Å². The number of carbonyl (C=O) groups excluding carboxylic acids is 1. The van der Waals surface area contributed by atoms with Gasteiger partial charge in [-0.25, -0.2) is 4.79 Å². The van der Waals surface area contributed by atoms with Gasteiger partial charge in [0, 0.05) is 0 Å². The Bertz CT molecular complexity index is 629. The van der Waals surface area contributed by atoms with Crippen LogP contribution in [0, 0.1) is 11.3 Å². The summed E-state index contributed by atoms with van der Waals surface area (Å²) in [5.41, 5.74) is 1.47. The Labute approximate surface area is 123 Å². The monoisotopic (exact) mass is 281 g/mol. The van der Waals surface area contributed by atoms with Crippen molar-refractivity contribution in [2.24, 2.45) is 0 Å². The predicted molar refractivity (Wildman–Crippen MR) is 77.5 cm³/mol. The van der Waals surface area contributed by atoms with Crippen LogP contribution in [0.1, 0.15) is 18.1 Å². The minimum absolute atomic E-state index is 0.223. The molecule has 0 N–H and O–H groups in total. The summed E-state index contributed by atoms with van der Waals surface area (Å²) in [4.78, 5) is 11.8. The van der Waals surface area contributed by atoms with Gasteiger partial charge >= 0.3 is 5.97 Å². The smallest absolute Gasteiger partial charge is 0.347 e. The van der Waals surface area contributed by atoms with Gasteiger partial charge in [-0.2, -0.15) is 5.26 Å². The molecule has 0 saturated heterocycles. The maximum absolute atomic E-state index is 11.8. The minimum Gasteiger partial charge on any atom is -0.479 e. The van der Waals surface area contributed by atoms with E-state index >= 15 is 0 Å². The number of rotatable bonds is 5. The van der Waals surface area contributed by atoms with E-state index in [2.05, 4.69) is 0 Å². The van der Waals surface area contributed by atoms with E-state index in [9.17, 15) is 4.79 Å². The first kappa shape index (κ1) is 14.6. The first-order valence-corrected chi connectivity index (χ1v) is 6.56. The summed E-state index contributed by atoms with van der Waals surface area (Å²) < 4.78 is 10.7. The van der Waals surface area contributed by atoms with Crippen molar-refractivity contribution in [1.82, 2.24) is 0 Å². The fourth-order valence-electron chi connectivity index (χ4n) is 1.71. The topological polar surface area (TPSA) is 59.3 Å². The molecule has 0 fully saturated rings. The molecule has 0 spiro atoms. The van der Waals surface area contributed by atoms with Gasteiger partial charge in [-0.3, -0.25) is 0 Å². The summed E-state index contributed by atoms with van der Waals surface area (Å²) in [6.45, 7) is 1.85. The maximum atomic E-state index is 11.8. The molecule has 0 radical (unpaired) electrons. The van der Waals surface area contributed by atoms with Crippen molar-refractivity contribution in [3.05, 3.63) is 65.7 Å². The average Bonchev–Trinajstić information content (AvgIpc) is 2.54. The van der Waals surface area contributed by atoms with E-state index in [1.165, 1.54) is 0 Å². The molecule has 21 heavy (non-hydrogen) atoms. The molecule has 0 saturated carbocycles. The zero-order valence-corrected chi connectivity index (χ0v) is 11.7. The van der Waals surface area contributed by atoms with E-state index in [1.54, 1.807) is 31.2 Å². The fourth-order valence-corrected chi connectivity index (χ4v) is 1.71. The fraction of sp³-hybridized carbons (Fsp3) is 0.176. The quantitative estimate of drug-likeness (QED) is 0.790. The molecule has 0 aromatic heterocycles. The van der Waals surface area contributed by atoms with Crippen molar-refractivity contribution >= 4 is 5.97 Å². The van der Waals surface area contributed by atoms with E-state index in [4.69, 9.17) is 14.7 Å². The van der Waals surface area contributed by atoms with Crippen LogP contribution in [-0.4, -0.2) is 12.1 Å². The van der Waals surface area contributed by atoms with E-state index in [0.717, 1.165) is 5.56 Å². The third-order valence-corrected chi connectivity index (χ3v) is 2.85. The molecular formula is C17H15NO3. The first-order chi connectivity index (χ1) is 10.2. The van der Waals surface area contributed by atoms with Gasteiger partial charge < -0.3 is 9.47 Å². The van der Waals surface area contributed by atoms with Crippen molar-refractivity contribution in [1.29, 1.82) is 5.26 Å². The van der Waals surface area contributed by atoms with Crippen LogP contribution in [-0.2, 0) is 16.1 Å². The molecule has 0 aliphatic rings. The predicted octanol–water partition coefficient (Wildman–Crippen LogP) is 3.07. The molecule has 2 aromatic carbocycles.